The number of hydrogen-bond acceptors (Lipinski definition) is 2. The minimum atomic E-state index is 0.741. The predicted molar refractivity (Wildman–Crippen MR) is 71.0 cm³/mol. The lowest BCUT2D eigenvalue weighted by atomic mass is 10.2. The summed E-state index contributed by atoms with van der Waals surface area (Å²) in [6.07, 6.45) is 5.62. The summed E-state index contributed by atoms with van der Waals surface area (Å²) in [5.74, 6) is 0.973. The molecule has 1 aromatic carbocycles. The van der Waals surface area contributed by atoms with Crippen molar-refractivity contribution in [2.24, 2.45) is 0 Å². The van der Waals surface area contributed by atoms with Crippen LogP contribution >= 0.6 is 0 Å². The summed E-state index contributed by atoms with van der Waals surface area (Å²) in [5.41, 5.74) is 2.16. The second-order valence-electron chi connectivity index (χ2n) is 4.07. The van der Waals surface area contributed by atoms with Gasteiger partial charge in [-0.15, -0.1) is 0 Å². The van der Waals surface area contributed by atoms with E-state index < -0.39 is 0 Å². The van der Waals surface area contributed by atoms with E-state index in [-0.39, 0.29) is 0 Å². The number of benzene rings is 1. The van der Waals surface area contributed by atoms with E-state index in [0.717, 1.165) is 23.6 Å². The van der Waals surface area contributed by atoms with Crippen LogP contribution in [-0.2, 0) is 6.54 Å². The highest BCUT2D eigenvalue weighted by atomic mass is 15.1. The van der Waals surface area contributed by atoms with Crippen LogP contribution in [0.15, 0.2) is 67.1 Å². The van der Waals surface area contributed by atoms with Crippen molar-refractivity contribution < 1.29 is 0 Å². The van der Waals surface area contributed by atoms with E-state index in [1.807, 2.05) is 55.0 Å². The van der Waals surface area contributed by atoms with Crippen molar-refractivity contribution in [3.8, 4) is 11.4 Å². The Balaban J connectivity index is 1.93. The van der Waals surface area contributed by atoms with Gasteiger partial charge < -0.3 is 4.57 Å². The van der Waals surface area contributed by atoms with E-state index in [0.29, 0.717) is 0 Å². The first-order valence-corrected chi connectivity index (χ1v) is 5.90. The van der Waals surface area contributed by atoms with E-state index in [1.165, 1.54) is 0 Å². The Morgan fingerprint density at radius 3 is 2.44 bits per heavy atom. The molecule has 0 amide bonds. The summed E-state index contributed by atoms with van der Waals surface area (Å²) in [6, 6.07) is 16.1. The Morgan fingerprint density at radius 2 is 1.67 bits per heavy atom. The van der Waals surface area contributed by atoms with Crippen molar-refractivity contribution in [3.05, 3.63) is 72.8 Å². The lowest BCUT2D eigenvalue weighted by molar-refractivity contribution is 0.782. The van der Waals surface area contributed by atoms with Crippen LogP contribution in [0.3, 0.4) is 0 Å². The molecule has 2 heterocycles. The van der Waals surface area contributed by atoms with Gasteiger partial charge in [0.2, 0.25) is 0 Å². The number of rotatable bonds is 3. The molecule has 0 fully saturated rings. The fourth-order valence-electron chi connectivity index (χ4n) is 1.95. The average molecular weight is 235 g/mol. The second kappa shape index (κ2) is 4.84. The van der Waals surface area contributed by atoms with Crippen molar-refractivity contribution in [2.45, 2.75) is 6.54 Å². The van der Waals surface area contributed by atoms with Gasteiger partial charge in [0.1, 0.15) is 5.82 Å². The summed E-state index contributed by atoms with van der Waals surface area (Å²) in [6.45, 7) is 0.741. The molecule has 3 rings (SSSR count). The summed E-state index contributed by atoms with van der Waals surface area (Å²) in [7, 11) is 0. The van der Waals surface area contributed by atoms with Crippen LogP contribution in [0.25, 0.3) is 11.4 Å². The molecule has 0 bridgehead atoms. The molecular formula is C15H13N3. The summed E-state index contributed by atoms with van der Waals surface area (Å²) < 4.78 is 2.11. The summed E-state index contributed by atoms with van der Waals surface area (Å²) in [5, 5.41) is 0. The second-order valence-corrected chi connectivity index (χ2v) is 4.07. The molecule has 0 aliphatic carbocycles. The van der Waals surface area contributed by atoms with Gasteiger partial charge in [-0.3, -0.25) is 4.98 Å². The molecule has 0 saturated heterocycles. The van der Waals surface area contributed by atoms with Crippen molar-refractivity contribution in [1.29, 1.82) is 0 Å². The molecule has 0 unspecified atom stereocenters. The Labute approximate surface area is 106 Å². The average Bonchev–Trinajstić information content (AvgIpc) is 2.89. The predicted octanol–water partition coefficient (Wildman–Crippen LogP) is 2.99. The number of nitrogens with zero attached hydrogens (tertiary/aromatic N) is 3. The lowest BCUT2D eigenvalue weighted by Gasteiger charge is -2.07. The van der Waals surface area contributed by atoms with Crippen molar-refractivity contribution in [1.82, 2.24) is 14.5 Å². The third-order valence-electron chi connectivity index (χ3n) is 2.81. The highest BCUT2D eigenvalue weighted by Gasteiger charge is 2.05. The minimum Gasteiger partial charge on any atom is -0.325 e. The maximum Gasteiger partial charge on any atom is 0.140 e. The van der Waals surface area contributed by atoms with Crippen LogP contribution in [0, 0.1) is 0 Å². The number of imidazole rings is 1. The highest BCUT2D eigenvalue weighted by Crippen LogP contribution is 2.17. The fourth-order valence-corrected chi connectivity index (χ4v) is 1.95. The first-order chi connectivity index (χ1) is 8.93. The molecule has 0 spiro atoms. The SMILES string of the molecule is c1ccc(-c2nccn2Cc2ccccn2)cc1. The Bertz CT molecular complexity index is 615. The van der Waals surface area contributed by atoms with Crippen LogP contribution in [0.4, 0.5) is 0 Å². The number of pyridine rings is 1. The molecule has 3 nitrogen and oxygen atoms in total. The zero-order valence-corrected chi connectivity index (χ0v) is 9.90. The van der Waals surface area contributed by atoms with Gasteiger partial charge in [0.25, 0.3) is 0 Å². The van der Waals surface area contributed by atoms with E-state index >= 15 is 0 Å². The monoisotopic (exact) mass is 235 g/mol. The van der Waals surface area contributed by atoms with Crippen molar-refractivity contribution >= 4 is 0 Å². The van der Waals surface area contributed by atoms with E-state index in [2.05, 4.69) is 26.7 Å². The number of hydrogen-bond donors (Lipinski definition) is 0. The first kappa shape index (κ1) is 10.7. The third kappa shape index (κ3) is 2.15. The molecule has 0 saturated carbocycles. The largest absolute Gasteiger partial charge is 0.325 e. The van der Waals surface area contributed by atoms with Crippen molar-refractivity contribution in [3.63, 3.8) is 0 Å². The summed E-state index contributed by atoms with van der Waals surface area (Å²) >= 11 is 0. The van der Waals surface area contributed by atoms with Crippen LogP contribution in [0.5, 0.6) is 0 Å². The first-order valence-electron chi connectivity index (χ1n) is 5.90. The maximum atomic E-state index is 4.42. The van der Waals surface area contributed by atoms with Gasteiger partial charge in [-0.2, -0.15) is 0 Å². The molecule has 0 aliphatic heterocycles. The topological polar surface area (TPSA) is 30.7 Å². The quantitative estimate of drug-likeness (QED) is 0.698. The van der Waals surface area contributed by atoms with E-state index in [9.17, 15) is 0 Å². The third-order valence-corrected chi connectivity index (χ3v) is 2.81. The maximum absolute atomic E-state index is 4.42. The van der Waals surface area contributed by atoms with Gasteiger partial charge >= 0.3 is 0 Å². The van der Waals surface area contributed by atoms with Crippen LogP contribution in [0.2, 0.25) is 0 Å². The van der Waals surface area contributed by atoms with Gasteiger partial charge in [0, 0.05) is 24.2 Å². The summed E-state index contributed by atoms with van der Waals surface area (Å²) in [4.78, 5) is 8.76. The van der Waals surface area contributed by atoms with Gasteiger partial charge in [0.05, 0.1) is 12.2 Å². The molecule has 0 radical (unpaired) electrons. The minimum absolute atomic E-state index is 0.741. The normalized spacial score (nSPS) is 10.4. The van der Waals surface area contributed by atoms with E-state index in [1.54, 1.807) is 0 Å². The molecule has 2 aromatic heterocycles. The Hall–Kier alpha value is -2.42. The Kier molecular flexibility index (Phi) is 2.88. The highest BCUT2D eigenvalue weighted by molar-refractivity contribution is 5.55. The molecule has 0 N–H and O–H groups in total. The zero-order valence-electron chi connectivity index (χ0n) is 9.90. The van der Waals surface area contributed by atoms with Gasteiger partial charge in [0.15, 0.2) is 0 Å². The van der Waals surface area contributed by atoms with Crippen molar-refractivity contribution in [2.75, 3.05) is 0 Å². The zero-order chi connectivity index (χ0) is 12.2. The smallest absolute Gasteiger partial charge is 0.140 e. The van der Waals surface area contributed by atoms with Gasteiger partial charge in [-0.1, -0.05) is 36.4 Å². The van der Waals surface area contributed by atoms with Crippen LogP contribution < -0.4 is 0 Å². The fraction of sp³-hybridized carbons (Fsp3) is 0.0667. The molecule has 0 atom stereocenters. The standard InChI is InChI=1S/C15H13N3/c1-2-6-13(7-3-1)15-17-10-11-18(15)12-14-8-4-5-9-16-14/h1-11H,12H2. The Morgan fingerprint density at radius 1 is 0.833 bits per heavy atom. The van der Waals surface area contributed by atoms with Crippen LogP contribution in [0.1, 0.15) is 5.69 Å². The van der Waals surface area contributed by atoms with Crippen LogP contribution in [-0.4, -0.2) is 14.5 Å². The van der Waals surface area contributed by atoms with Gasteiger partial charge in [-0.25, -0.2) is 4.98 Å². The molecule has 3 aromatic rings. The molecule has 88 valence electrons. The molecule has 0 aliphatic rings. The number of aromatic nitrogens is 3. The van der Waals surface area contributed by atoms with Gasteiger partial charge in [-0.05, 0) is 12.1 Å². The molecular weight excluding hydrogens is 222 g/mol. The lowest BCUT2D eigenvalue weighted by Crippen LogP contribution is -2.02. The molecule has 18 heavy (non-hydrogen) atoms. The molecule has 3 heteroatoms. The van der Waals surface area contributed by atoms with E-state index in [4.69, 9.17) is 0 Å².